The molecule has 3 aromatic carbocycles. The molecule has 1 aromatic heterocycles. The molecule has 0 fully saturated rings. The van der Waals surface area contributed by atoms with Crippen LogP contribution in [-0.2, 0) is 6.54 Å². The molecule has 0 radical (unpaired) electrons. The van der Waals surface area contributed by atoms with E-state index >= 15 is 0 Å². The number of aryl methyl sites for hydroxylation is 1. The van der Waals surface area contributed by atoms with Crippen molar-refractivity contribution in [1.82, 2.24) is 9.55 Å². The molecular weight excluding hydrogens is 344 g/mol. The van der Waals surface area contributed by atoms with E-state index in [0.717, 1.165) is 43.1 Å². The lowest BCUT2D eigenvalue weighted by Gasteiger charge is -2.08. The minimum absolute atomic E-state index is 0.728. The lowest BCUT2D eigenvalue weighted by atomic mass is 10.2. The third kappa shape index (κ3) is 4.49. The normalized spacial score (nSPS) is 11.3. The second kappa shape index (κ2) is 9.05. The van der Waals surface area contributed by atoms with Crippen molar-refractivity contribution >= 4 is 23.2 Å². The Kier molecular flexibility index (Phi) is 5.83. The number of fused-ring (bicyclic) bond motifs is 1. The van der Waals surface area contributed by atoms with Crippen LogP contribution in [-0.4, -0.2) is 16.2 Å². The fraction of sp³-hybridized carbons (Fsp3) is 0.160. The molecule has 3 heteroatoms. The summed E-state index contributed by atoms with van der Waals surface area (Å²) in [5, 5.41) is 0. The minimum Gasteiger partial charge on any atom is -0.494 e. The zero-order valence-corrected chi connectivity index (χ0v) is 15.9. The summed E-state index contributed by atoms with van der Waals surface area (Å²) in [7, 11) is 0. The predicted molar refractivity (Wildman–Crippen MR) is 116 cm³/mol. The van der Waals surface area contributed by atoms with E-state index < -0.39 is 0 Å². The van der Waals surface area contributed by atoms with Crippen molar-refractivity contribution in [2.24, 2.45) is 0 Å². The first-order valence-electron chi connectivity index (χ1n) is 9.76. The maximum Gasteiger partial charge on any atom is 0.133 e. The first-order chi connectivity index (χ1) is 13.9. The van der Waals surface area contributed by atoms with E-state index in [0.29, 0.717) is 0 Å². The monoisotopic (exact) mass is 368 g/mol. The molecule has 4 aromatic rings. The van der Waals surface area contributed by atoms with Gasteiger partial charge in [0.1, 0.15) is 11.6 Å². The summed E-state index contributed by atoms with van der Waals surface area (Å²) in [6.07, 6.45) is 6.27. The van der Waals surface area contributed by atoms with Gasteiger partial charge in [-0.1, -0.05) is 66.7 Å². The van der Waals surface area contributed by atoms with Gasteiger partial charge >= 0.3 is 0 Å². The van der Waals surface area contributed by atoms with Crippen molar-refractivity contribution in [2.45, 2.75) is 19.4 Å². The molecule has 0 aliphatic heterocycles. The van der Waals surface area contributed by atoms with Gasteiger partial charge in [-0.25, -0.2) is 4.98 Å². The fourth-order valence-electron chi connectivity index (χ4n) is 3.27. The van der Waals surface area contributed by atoms with Crippen molar-refractivity contribution < 1.29 is 4.74 Å². The number of nitrogens with zero attached hydrogens (tertiary/aromatic N) is 2. The van der Waals surface area contributed by atoms with Gasteiger partial charge in [-0.3, -0.25) is 0 Å². The molecule has 28 heavy (non-hydrogen) atoms. The van der Waals surface area contributed by atoms with Crippen LogP contribution < -0.4 is 4.74 Å². The molecule has 140 valence electrons. The Labute approximate surface area is 165 Å². The van der Waals surface area contributed by atoms with Gasteiger partial charge in [0.05, 0.1) is 17.6 Å². The molecule has 0 aliphatic rings. The number of unbranched alkanes of at least 4 members (excludes halogenated alkanes) is 1. The second-order valence-electron chi connectivity index (χ2n) is 6.72. The molecule has 0 unspecified atom stereocenters. The van der Waals surface area contributed by atoms with E-state index in [1.165, 1.54) is 11.1 Å². The Balaban J connectivity index is 1.43. The average molecular weight is 368 g/mol. The highest BCUT2D eigenvalue weighted by atomic mass is 16.5. The summed E-state index contributed by atoms with van der Waals surface area (Å²) in [5.74, 6) is 1.93. The number of imidazole rings is 1. The Morgan fingerprint density at radius 2 is 1.46 bits per heavy atom. The molecule has 0 spiro atoms. The van der Waals surface area contributed by atoms with E-state index in [1.54, 1.807) is 0 Å². The number of benzene rings is 3. The van der Waals surface area contributed by atoms with Crippen LogP contribution in [0.2, 0.25) is 0 Å². The Morgan fingerprint density at radius 3 is 2.29 bits per heavy atom. The highest BCUT2D eigenvalue weighted by Gasteiger charge is 2.07. The van der Waals surface area contributed by atoms with Gasteiger partial charge in [0.15, 0.2) is 0 Å². The van der Waals surface area contributed by atoms with E-state index in [-0.39, 0.29) is 0 Å². The van der Waals surface area contributed by atoms with Crippen molar-refractivity contribution in [3.8, 4) is 5.75 Å². The predicted octanol–water partition coefficient (Wildman–Crippen LogP) is 6.07. The SMILES string of the molecule is C(=Cc1nc2ccccc2n1CCCCOc1ccccc1)c1ccccc1. The zero-order chi connectivity index (χ0) is 19.0. The van der Waals surface area contributed by atoms with Crippen LogP contribution in [0.15, 0.2) is 84.9 Å². The number of para-hydroxylation sites is 3. The summed E-state index contributed by atoms with van der Waals surface area (Å²) in [6, 6.07) is 28.7. The highest BCUT2D eigenvalue weighted by Crippen LogP contribution is 2.19. The van der Waals surface area contributed by atoms with E-state index in [9.17, 15) is 0 Å². The molecule has 3 nitrogen and oxygen atoms in total. The molecule has 0 aliphatic carbocycles. The summed E-state index contributed by atoms with van der Waals surface area (Å²) in [4.78, 5) is 4.82. The molecule has 0 N–H and O–H groups in total. The van der Waals surface area contributed by atoms with E-state index in [1.807, 2.05) is 42.5 Å². The number of hydrogen-bond acceptors (Lipinski definition) is 2. The quantitative estimate of drug-likeness (QED) is 0.353. The molecule has 0 saturated carbocycles. The number of hydrogen-bond donors (Lipinski definition) is 0. The van der Waals surface area contributed by atoms with E-state index in [4.69, 9.17) is 9.72 Å². The first-order valence-corrected chi connectivity index (χ1v) is 9.76. The molecular formula is C25H24N2O. The van der Waals surface area contributed by atoms with Crippen molar-refractivity contribution in [1.29, 1.82) is 0 Å². The standard InChI is InChI=1S/C25H24N2O/c1-3-11-21(12-4-1)17-18-25-26-23-15-7-8-16-24(23)27(25)19-9-10-20-28-22-13-5-2-6-14-22/h1-8,11-18H,9-10,19-20H2. The Bertz CT molecular complexity index is 1040. The van der Waals surface area contributed by atoms with Gasteiger partial charge in [0.2, 0.25) is 0 Å². The molecule has 0 amide bonds. The van der Waals surface area contributed by atoms with Crippen LogP contribution in [0.25, 0.3) is 23.2 Å². The van der Waals surface area contributed by atoms with Gasteiger partial charge in [-0.15, -0.1) is 0 Å². The average Bonchev–Trinajstić information content (AvgIpc) is 3.11. The lowest BCUT2D eigenvalue weighted by Crippen LogP contribution is -2.04. The molecule has 4 rings (SSSR count). The lowest BCUT2D eigenvalue weighted by molar-refractivity contribution is 0.303. The van der Waals surface area contributed by atoms with Gasteiger partial charge in [0.25, 0.3) is 0 Å². The van der Waals surface area contributed by atoms with Gasteiger partial charge in [-0.2, -0.15) is 0 Å². The summed E-state index contributed by atoms with van der Waals surface area (Å²) >= 11 is 0. The zero-order valence-electron chi connectivity index (χ0n) is 15.9. The van der Waals surface area contributed by atoms with Crippen LogP contribution in [0.1, 0.15) is 24.2 Å². The van der Waals surface area contributed by atoms with Crippen molar-refractivity contribution in [3.05, 3.63) is 96.3 Å². The smallest absolute Gasteiger partial charge is 0.133 e. The van der Waals surface area contributed by atoms with Crippen LogP contribution in [0, 0.1) is 0 Å². The molecule has 0 saturated heterocycles. The Hall–Kier alpha value is -3.33. The second-order valence-corrected chi connectivity index (χ2v) is 6.72. The van der Waals surface area contributed by atoms with Crippen LogP contribution in [0.4, 0.5) is 0 Å². The van der Waals surface area contributed by atoms with Gasteiger partial charge in [-0.05, 0) is 48.7 Å². The summed E-state index contributed by atoms with van der Waals surface area (Å²) < 4.78 is 8.11. The topological polar surface area (TPSA) is 27.1 Å². The first kappa shape index (κ1) is 18.1. The maximum atomic E-state index is 5.81. The maximum absolute atomic E-state index is 5.81. The van der Waals surface area contributed by atoms with Crippen LogP contribution >= 0.6 is 0 Å². The van der Waals surface area contributed by atoms with Gasteiger partial charge < -0.3 is 9.30 Å². The van der Waals surface area contributed by atoms with Crippen molar-refractivity contribution in [3.63, 3.8) is 0 Å². The van der Waals surface area contributed by atoms with Crippen LogP contribution in [0.3, 0.4) is 0 Å². The number of aromatic nitrogens is 2. The number of ether oxygens (including phenoxy) is 1. The molecule has 0 bridgehead atoms. The summed E-state index contributed by atoms with van der Waals surface area (Å²) in [5.41, 5.74) is 3.40. The third-order valence-corrected chi connectivity index (χ3v) is 4.70. The van der Waals surface area contributed by atoms with Crippen LogP contribution in [0.5, 0.6) is 5.75 Å². The van der Waals surface area contributed by atoms with Crippen molar-refractivity contribution in [2.75, 3.05) is 6.61 Å². The third-order valence-electron chi connectivity index (χ3n) is 4.70. The number of rotatable bonds is 8. The Morgan fingerprint density at radius 1 is 0.750 bits per heavy atom. The van der Waals surface area contributed by atoms with E-state index in [2.05, 4.69) is 59.2 Å². The summed E-state index contributed by atoms with van der Waals surface area (Å²) in [6.45, 7) is 1.65. The largest absolute Gasteiger partial charge is 0.494 e. The fourth-order valence-corrected chi connectivity index (χ4v) is 3.27. The van der Waals surface area contributed by atoms with Gasteiger partial charge in [0, 0.05) is 6.54 Å². The highest BCUT2D eigenvalue weighted by molar-refractivity contribution is 5.79. The molecule has 0 atom stereocenters. The minimum atomic E-state index is 0.728. The molecule has 1 heterocycles.